The number of hydrogen-bond donors (Lipinski definition) is 2. The predicted molar refractivity (Wildman–Crippen MR) is 85.6 cm³/mol. The number of nitrogens with zero attached hydrogens (tertiary/aromatic N) is 1. The maximum atomic E-state index is 7.64. The van der Waals surface area contributed by atoms with Crippen LogP contribution in [0.3, 0.4) is 0 Å². The van der Waals surface area contributed by atoms with Gasteiger partial charge in [-0.2, -0.15) is 0 Å². The standard InChI is InChI=1S/C17H21N3O/c1-20(11-13-6-5-8-15(10-13)21-2)12-14-7-3-4-9-16(14)17(18)19/h3-10H,11-12H2,1-2H3,(H3,18,19). The smallest absolute Gasteiger partial charge is 0.123 e. The van der Waals surface area contributed by atoms with Gasteiger partial charge in [0.1, 0.15) is 11.6 Å². The Morgan fingerprint density at radius 2 is 1.90 bits per heavy atom. The number of nitrogens with one attached hydrogen (secondary N) is 1. The summed E-state index contributed by atoms with van der Waals surface area (Å²) in [6, 6.07) is 15.8. The Kier molecular flexibility index (Phi) is 4.95. The van der Waals surface area contributed by atoms with Crippen LogP contribution in [0.5, 0.6) is 5.75 Å². The molecule has 110 valence electrons. The van der Waals surface area contributed by atoms with E-state index in [2.05, 4.69) is 18.0 Å². The lowest BCUT2D eigenvalue weighted by atomic mass is 10.1. The normalized spacial score (nSPS) is 10.6. The zero-order valence-corrected chi connectivity index (χ0v) is 12.5. The number of rotatable bonds is 6. The van der Waals surface area contributed by atoms with Crippen LogP contribution in [-0.2, 0) is 13.1 Å². The Labute approximate surface area is 125 Å². The third kappa shape index (κ3) is 4.07. The van der Waals surface area contributed by atoms with Crippen molar-refractivity contribution in [1.29, 1.82) is 5.41 Å². The molecule has 4 nitrogen and oxygen atoms in total. The van der Waals surface area contributed by atoms with E-state index in [0.29, 0.717) is 0 Å². The lowest BCUT2D eigenvalue weighted by Crippen LogP contribution is -2.21. The minimum Gasteiger partial charge on any atom is -0.497 e. The molecule has 0 aliphatic carbocycles. The third-order valence-corrected chi connectivity index (χ3v) is 3.33. The van der Waals surface area contributed by atoms with Gasteiger partial charge in [0.15, 0.2) is 0 Å². The minimum atomic E-state index is 0.111. The zero-order valence-electron chi connectivity index (χ0n) is 12.5. The Bertz CT molecular complexity index is 625. The second-order valence-electron chi connectivity index (χ2n) is 5.09. The van der Waals surface area contributed by atoms with Gasteiger partial charge in [0, 0.05) is 18.7 Å². The van der Waals surface area contributed by atoms with Crippen molar-refractivity contribution in [3.63, 3.8) is 0 Å². The molecule has 21 heavy (non-hydrogen) atoms. The number of methoxy groups -OCH3 is 1. The van der Waals surface area contributed by atoms with Crippen LogP contribution < -0.4 is 10.5 Å². The molecular formula is C17H21N3O. The van der Waals surface area contributed by atoms with Crippen molar-refractivity contribution in [2.75, 3.05) is 14.2 Å². The number of amidine groups is 1. The fourth-order valence-corrected chi connectivity index (χ4v) is 2.35. The van der Waals surface area contributed by atoms with Gasteiger partial charge >= 0.3 is 0 Å². The van der Waals surface area contributed by atoms with Crippen molar-refractivity contribution in [1.82, 2.24) is 4.90 Å². The molecule has 3 N–H and O–H groups in total. The maximum absolute atomic E-state index is 7.64. The summed E-state index contributed by atoms with van der Waals surface area (Å²) in [5.74, 6) is 0.977. The van der Waals surface area contributed by atoms with Crippen LogP contribution in [0, 0.1) is 5.41 Å². The average Bonchev–Trinajstić information content (AvgIpc) is 2.47. The first-order valence-corrected chi connectivity index (χ1v) is 6.84. The summed E-state index contributed by atoms with van der Waals surface area (Å²) in [6.07, 6.45) is 0. The van der Waals surface area contributed by atoms with Gasteiger partial charge in [-0.25, -0.2) is 0 Å². The van der Waals surface area contributed by atoms with E-state index in [1.54, 1.807) is 7.11 Å². The fraction of sp³-hybridized carbons (Fsp3) is 0.235. The van der Waals surface area contributed by atoms with Gasteiger partial charge in [0.25, 0.3) is 0 Å². The van der Waals surface area contributed by atoms with E-state index in [1.807, 2.05) is 42.5 Å². The summed E-state index contributed by atoms with van der Waals surface area (Å²) in [5, 5.41) is 7.64. The largest absolute Gasteiger partial charge is 0.497 e. The van der Waals surface area contributed by atoms with E-state index in [-0.39, 0.29) is 5.84 Å². The molecule has 0 aliphatic rings. The molecule has 2 aromatic carbocycles. The fourth-order valence-electron chi connectivity index (χ4n) is 2.35. The van der Waals surface area contributed by atoms with Crippen molar-refractivity contribution in [2.24, 2.45) is 5.73 Å². The van der Waals surface area contributed by atoms with Gasteiger partial charge in [0.05, 0.1) is 7.11 Å². The molecule has 0 aromatic heterocycles. The molecule has 2 aromatic rings. The number of hydrogen-bond acceptors (Lipinski definition) is 3. The molecule has 0 radical (unpaired) electrons. The molecule has 0 fully saturated rings. The van der Waals surface area contributed by atoms with Crippen LogP contribution in [0.1, 0.15) is 16.7 Å². The highest BCUT2D eigenvalue weighted by Gasteiger charge is 2.08. The second kappa shape index (κ2) is 6.90. The van der Waals surface area contributed by atoms with E-state index in [4.69, 9.17) is 15.9 Å². The number of nitrogens with two attached hydrogens (primary N) is 1. The number of nitrogen functional groups attached to an aromatic ring is 1. The van der Waals surface area contributed by atoms with Crippen molar-refractivity contribution < 1.29 is 4.74 Å². The topological polar surface area (TPSA) is 62.3 Å². The van der Waals surface area contributed by atoms with Crippen molar-refractivity contribution >= 4 is 5.84 Å². The molecule has 0 bridgehead atoms. The summed E-state index contributed by atoms with van der Waals surface area (Å²) in [4.78, 5) is 2.19. The van der Waals surface area contributed by atoms with E-state index in [1.165, 1.54) is 5.56 Å². The van der Waals surface area contributed by atoms with E-state index in [0.717, 1.165) is 30.0 Å². The summed E-state index contributed by atoms with van der Waals surface area (Å²) >= 11 is 0. The Morgan fingerprint density at radius 1 is 1.14 bits per heavy atom. The van der Waals surface area contributed by atoms with Gasteiger partial charge in [-0.05, 0) is 30.3 Å². The van der Waals surface area contributed by atoms with Gasteiger partial charge in [-0.1, -0.05) is 36.4 Å². The van der Waals surface area contributed by atoms with Crippen LogP contribution >= 0.6 is 0 Å². The molecule has 0 spiro atoms. The molecule has 0 saturated heterocycles. The molecule has 4 heteroatoms. The van der Waals surface area contributed by atoms with Gasteiger partial charge < -0.3 is 10.5 Å². The van der Waals surface area contributed by atoms with Crippen LogP contribution in [0.2, 0.25) is 0 Å². The third-order valence-electron chi connectivity index (χ3n) is 3.33. The first kappa shape index (κ1) is 15.1. The van der Waals surface area contributed by atoms with Crippen LogP contribution in [0.4, 0.5) is 0 Å². The molecule has 0 amide bonds. The van der Waals surface area contributed by atoms with Crippen molar-refractivity contribution in [3.8, 4) is 5.75 Å². The average molecular weight is 283 g/mol. The first-order chi connectivity index (χ1) is 10.1. The first-order valence-electron chi connectivity index (χ1n) is 6.84. The zero-order chi connectivity index (χ0) is 15.2. The van der Waals surface area contributed by atoms with E-state index >= 15 is 0 Å². The van der Waals surface area contributed by atoms with E-state index in [9.17, 15) is 0 Å². The number of benzene rings is 2. The molecule has 2 rings (SSSR count). The van der Waals surface area contributed by atoms with Crippen LogP contribution in [-0.4, -0.2) is 24.9 Å². The maximum Gasteiger partial charge on any atom is 0.123 e. The van der Waals surface area contributed by atoms with Gasteiger partial charge in [-0.3, -0.25) is 10.3 Å². The molecule has 0 atom stereocenters. The SMILES string of the molecule is COc1cccc(CN(C)Cc2ccccc2C(=N)N)c1. The molecular weight excluding hydrogens is 262 g/mol. The molecule has 0 heterocycles. The highest BCUT2D eigenvalue weighted by molar-refractivity contribution is 5.96. The summed E-state index contributed by atoms with van der Waals surface area (Å²) < 4.78 is 5.24. The van der Waals surface area contributed by atoms with Crippen LogP contribution in [0.25, 0.3) is 0 Å². The summed E-state index contributed by atoms with van der Waals surface area (Å²) in [5.41, 5.74) is 8.69. The summed E-state index contributed by atoms with van der Waals surface area (Å²) in [6.45, 7) is 1.55. The van der Waals surface area contributed by atoms with Crippen molar-refractivity contribution in [2.45, 2.75) is 13.1 Å². The van der Waals surface area contributed by atoms with Gasteiger partial charge in [-0.15, -0.1) is 0 Å². The van der Waals surface area contributed by atoms with Crippen molar-refractivity contribution in [3.05, 3.63) is 65.2 Å². The monoisotopic (exact) mass is 283 g/mol. The lowest BCUT2D eigenvalue weighted by Gasteiger charge is -2.19. The predicted octanol–water partition coefficient (Wildman–Crippen LogP) is 2.61. The molecule has 0 saturated carbocycles. The molecule has 0 unspecified atom stereocenters. The highest BCUT2D eigenvalue weighted by Crippen LogP contribution is 2.16. The van der Waals surface area contributed by atoms with Gasteiger partial charge in [0.2, 0.25) is 0 Å². The molecule has 0 aliphatic heterocycles. The second-order valence-corrected chi connectivity index (χ2v) is 5.09. The lowest BCUT2D eigenvalue weighted by molar-refractivity contribution is 0.318. The minimum absolute atomic E-state index is 0.111. The Hall–Kier alpha value is -2.33. The quantitative estimate of drug-likeness (QED) is 0.633. The Morgan fingerprint density at radius 3 is 2.62 bits per heavy atom. The van der Waals surface area contributed by atoms with Crippen LogP contribution in [0.15, 0.2) is 48.5 Å². The van der Waals surface area contributed by atoms with E-state index < -0.39 is 0 Å². The Balaban J connectivity index is 2.08. The number of ether oxygens (including phenoxy) is 1. The highest BCUT2D eigenvalue weighted by atomic mass is 16.5. The summed E-state index contributed by atoms with van der Waals surface area (Å²) in [7, 11) is 3.72.